The Hall–Kier alpha value is -0.790. The van der Waals surface area contributed by atoms with E-state index < -0.39 is 5.97 Å². The number of hydrogen-bond acceptors (Lipinski definition) is 1. The Morgan fingerprint density at radius 1 is 0.750 bits per heavy atom. The van der Waals surface area contributed by atoms with E-state index in [9.17, 15) is 4.79 Å². The summed E-state index contributed by atoms with van der Waals surface area (Å²) >= 11 is 0. The van der Waals surface area contributed by atoms with Gasteiger partial charge in [-0.15, -0.1) is 0 Å². The van der Waals surface area contributed by atoms with Crippen LogP contribution < -0.4 is 0 Å². The van der Waals surface area contributed by atoms with Gasteiger partial charge >= 0.3 is 5.97 Å². The Kier molecular flexibility index (Phi) is 13.9. The molecule has 0 spiro atoms. The zero-order valence-electron chi connectivity index (χ0n) is 15.8. The maximum absolute atomic E-state index is 10.4. The third-order valence-corrected chi connectivity index (χ3v) is 5.33. The van der Waals surface area contributed by atoms with Crippen LogP contribution in [-0.4, -0.2) is 11.1 Å². The first kappa shape index (κ1) is 21.3. The van der Waals surface area contributed by atoms with Gasteiger partial charge in [0.2, 0.25) is 0 Å². The highest BCUT2D eigenvalue weighted by Gasteiger charge is 2.07. The van der Waals surface area contributed by atoms with Crippen LogP contribution in [0.25, 0.3) is 0 Å². The van der Waals surface area contributed by atoms with Gasteiger partial charge in [-0.25, -0.2) is 0 Å². The van der Waals surface area contributed by atoms with Crippen LogP contribution in [0, 0.1) is 5.92 Å². The molecule has 140 valence electrons. The molecule has 0 amide bonds. The number of carboxylic acids is 1. The second kappa shape index (κ2) is 15.7. The summed E-state index contributed by atoms with van der Waals surface area (Å²) in [7, 11) is 0. The number of allylic oxidation sites excluding steroid dienone is 2. The van der Waals surface area contributed by atoms with E-state index in [1.54, 1.807) is 0 Å². The molecule has 1 rings (SSSR count). The molecule has 0 aromatic heterocycles. The van der Waals surface area contributed by atoms with Gasteiger partial charge < -0.3 is 5.11 Å². The lowest BCUT2D eigenvalue weighted by atomic mass is 9.99. The fraction of sp³-hybridized carbons (Fsp3) is 0.864. The number of aliphatic carboxylic acids is 1. The van der Waals surface area contributed by atoms with Crippen molar-refractivity contribution in [2.75, 3.05) is 0 Å². The molecule has 1 aliphatic carbocycles. The van der Waals surface area contributed by atoms with Gasteiger partial charge in [0.25, 0.3) is 0 Å². The Bertz CT molecular complexity index is 322. The molecule has 0 aliphatic heterocycles. The molecule has 0 unspecified atom stereocenters. The van der Waals surface area contributed by atoms with Crippen molar-refractivity contribution in [2.45, 2.75) is 116 Å². The van der Waals surface area contributed by atoms with E-state index in [-0.39, 0.29) is 0 Å². The number of carbonyl (C=O) groups is 1. The first-order valence-corrected chi connectivity index (χ1v) is 10.7. The van der Waals surface area contributed by atoms with E-state index in [4.69, 9.17) is 5.11 Å². The van der Waals surface area contributed by atoms with Gasteiger partial charge in [-0.2, -0.15) is 0 Å². The normalized spacial score (nSPS) is 16.8. The van der Waals surface area contributed by atoms with E-state index in [1.165, 1.54) is 96.3 Å². The predicted molar refractivity (Wildman–Crippen MR) is 103 cm³/mol. The molecule has 2 heteroatoms. The van der Waals surface area contributed by atoms with Crippen molar-refractivity contribution < 1.29 is 9.90 Å². The van der Waals surface area contributed by atoms with Crippen LogP contribution in [0.4, 0.5) is 0 Å². The van der Waals surface area contributed by atoms with Crippen LogP contribution >= 0.6 is 0 Å². The minimum atomic E-state index is -0.652. The molecule has 1 aliphatic rings. The van der Waals surface area contributed by atoms with Crippen molar-refractivity contribution in [1.29, 1.82) is 0 Å². The Balaban J connectivity index is 1.66. The molecule has 0 fully saturated rings. The quantitative estimate of drug-likeness (QED) is 0.224. The minimum absolute atomic E-state index is 0.345. The average Bonchev–Trinajstić information content (AvgIpc) is 3.07. The molecule has 0 radical (unpaired) electrons. The van der Waals surface area contributed by atoms with Crippen LogP contribution in [0.3, 0.4) is 0 Å². The van der Waals surface area contributed by atoms with E-state index in [0.29, 0.717) is 6.42 Å². The highest BCUT2D eigenvalue weighted by Crippen LogP contribution is 2.23. The molecule has 2 nitrogen and oxygen atoms in total. The zero-order chi connectivity index (χ0) is 17.3. The predicted octanol–water partition coefficient (Wildman–Crippen LogP) is 7.28. The highest BCUT2D eigenvalue weighted by atomic mass is 16.4. The summed E-state index contributed by atoms with van der Waals surface area (Å²) in [6.07, 6.45) is 27.8. The number of hydrogen-bond donors (Lipinski definition) is 1. The molecule has 0 aromatic rings. The second-order valence-electron chi connectivity index (χ2n) is 7.65. The monoisotopic (exact) mass is 336 g/mol. The molecule has 24 heavy (non-hydrogen) atoms. The van der Waals surface area contributed by atoms with E-state index in [2.05, 4.69) is 12.2 Å². The van der Waals surface area contributed by atoms with Gasteiger partial charge in [-0.05, 0) is 31.6 Å². The maximum atomic E-state index is 10.4. The lowest BCUT2D eigenvalue weighted by Gasteiger charge is -2.07. The van der Waals surface area contributed by atoms with Crippen LogP contribution in [0.1, 0.15) is 116 Å². The topological polar surface area (TPSA) is 37.3 Å². The Morgan fingerprint density at radius 3 is 1.62 bits per heavy atom. The van der Waals surface area contributed by atoms with Gasteiger partial charge in [0.05, 0.1) is 0 Å². The van der Waals surface area contributed by atoms with Crippen molar-refractivity contribution in [1.82, 2.24) is 0 Å². The smallest absolute Gasteiger partial charge is 0.303 e. The highest BCUT2D eigenvalue weighted by molar-refractivity contribution is 5.66. The van der Waals surface area contributed by atoms with Crippen molar-refractivity contribution in [3.8, 4) is 0 Å². The molecule has 0 aromatic carbocycles. The van der Waals surface area contributed by atoms with Gasteiger partial charge in [-0.1, -0.05) is 95.6 Å². The summed E-state index contributed by atoms with van der Waals surface area (Å²) in [5.41, 5.74) is 0. The molecule has 1 atom stereocenters. The number of unbranched alkanes of at least 4 members (excludes halogenated alkanes) is 13. The molecule has 0 bridgehead atoms. The standard InChI is InChI=1S/C22H40O2/c23-22(24)20-14-12-10-8-6-4-2-1-3-5-7-9-11-13-17-21-18-15-16-19-21/h15,18,21H,1-14,16-17,19-20H2,(H,23,24)/t21-/m0/s1. The lowest BCUT2D eigenvalue weighted by molar-refractivity contribution is -0.137. The van der Waals surface area contributed by atoms with Gasteiger partial charge in [0.15, 0.2) is 0 Å². The van der Waals surface area contributed by atoms with Gasteiger partial charge in [-0.3, -0.25) is 4.79 Å². The summed E-state index contributed by atoms with van der Waals surface area (Å²) in [6.45, 7) is 0. The number of carboxylic acid groups (broad SMARTS) is 1. The lowest BCUT2D eigenvalue weighted by Crippen LogP contribution is -1.93. The third-order valence-electron chi connectivity index (χ3n) is 5.33. The summed E-state index contributed by atoms with van der Waals surface area (Å²) < 4.78 is 0. The van der Waals surface area contributed by atoms with Crippen molar-refractivity contribution in [3.05, 3.63) is 12.2 Å². The zero-order valence-corrected chi connectivity index (χ0v) is 15.8. The first-order chi connectivity index (χ1) is 11.8. The Morgan fingerprint density at radius 2 is 1.21 bits per heavy atom. The van der Waals surface area contributed by atoms with Gasteiger partial charge in [0.1, 0.15) is 0 Å². The summed E-state index contributed by atoms with van der Waals surface area (Å²) in [4.78, 5) is 10.4. The van der Waals surface area contributed by atoms with E-state index in [1.807, 2.05) is 0 Å². The van der Waals surface area contributed by atoms with Crippen LogP contribution in [-0.2, 0) is 4.79 Å². The van der Waals surface area contributed by atoms with Crippen molar-refractivity contribution in [2.24, 2.45) is 5.92 Å². The fourth-order valence-corrected chi connectivity index (χ4v) is 3.74. The first-order valence-electron chi connectivity index (χ1n) is 10.7. The third kappa shape index (κ3) is 13.6. The van der Waals surface area contributed by atoms with Gasteiger partial charge in [0, 0.05) is 6.42 Å². The second-order valence-corrected chi connectivity index (χ2v) is 7.65. The van der Waals surface area contributed by atoms with Crippen LogP contribution in [0.15, 0.2) is 12.2 Å². The average molecular weight is 337 g/mol. The minimum Gasteiger partial charge on any atom is -0.481 e. The van der Waals surface area contributed by atoms with E-state index >= 15 is 0 Å². The molecule has 1 N–H and O–H groups in total. The molecule has 0 heterocycles. The maximum Gasteiger partial charge on any atom is 0.303 e. The summed E-state index contributed by atoms with van der Waals surface area (Å²) in [5.74, 6) is 0.253. The van der Waals surface area contributed by atoms with Crippen molar-refractivity contribution in [3.63, 3.8) is 0 Å². The largest absolute Gasteiger partial charge is 0.481 e. The molecular weight excluding hydrogens is 296 g/mol. The van der Waals surface area contributed by atoms with E-state index in [0.717, 1.165) is 18.8 Å². The molecule has 0 saturated carbocycles. The fourth-order valence-electron chi connectivity index (χ4n) is 3.74. The Labute approximate surface area is 150 Å². The van der Waals surface area contributed by atoms with Crippen LogP contribution in [0.5, 0.6) is 0 Å². The SMILES string of the molecule is O=C(O)CCCCCCCCCCCCCCCC[C@H]1C=CCC1. The number of rotatable bonds is 17. The molecule has 0 saturated heterocycles. The van der Waals surface area contributed by atoms with Crippen LogP contribution in [0.2, 0.25) is 0 Å². The summed E-state index contributed by atoms with van der Waals surface area (Å²) in [6, 6.07) is 0. The van der Waals surface area contributed by atoms with Crippen molar-refractivity contribution >= 4 is 5.97 Å². The summed E-state index contributed by atoms with van der Waals surface area (Å²) in [5, 5.41) is 8.56. The molecular formula is C22H40O2.